The van der Waals surface area contributed by atoms with E-state index in [1.54, 1.807) is 18.2 Å². The highest BCUT2D eigenvalue weighted by atomic mass is 32.2. The number of nitrogens with zero attached hydrogens (tertiary/aromatic N) is 1. The number of ether oxygens (including phenoxy) is 1. The van der Waals surface area contributed by atoms with Gasteiger partial charge in [0.15, 0.2) is 0 Å². The first-order valence-corrected chi connectivity index (χ1v) is 11.6. The van der Waals surface area contributed by atoms with Crippen molar-refractivity contribution in [2.24, 2.45) is 0 Å². The molecule has 0 spiro atoms. The Bertz CT molecular complexity index is 1160. The molecule has 0 aliphatic carbocycles. The molecular formula is C21H27N5O5S. The number of hydrogen-bond acceptors (Lipinski definition) is 7. The van der Waals surface area contributed by atoms with Crippen LogP contribution in [-0.2, 0) is 14.9 Å². The number of fused-ring (bicyclic) bond motifs is 1. The number of aromatic amines is 1. The summed E-state index contributed by atoms with van der Waals surface area (Å²) in [7, 11) is -2.54. The van der Waals surface area contributed by atoms with Gasteiger partial charge in [0, 0.05) is 32.0 Å². The molecule has 0 saturated carbocycles. The fourth-order valence-electron chi connectivity index (χ4n) is 2.97. The summed E-state index contributed by atoms with van der Waals surface area (Å²) in [5.41, 5.74) is 1.86. The van der Waals surface area contributed by atoms with Crippen LogP contribution in [0, 0.1) is 0 Å². The second-order valence-electron chi connectivity index (χ2n) is 6.90. The van der Waals surface area contributed by atoms with Gasteiger partial charge in [-0.05, 0) is 49.7 Å². The van der Waals surface area contributed by atoms with Crippen molar-refractivity contribution < 1.29 is 22.1 Å². The van der Waals surface area contributed by atoms with E-state index in [0.717, 1.165) is 12.1 Å². The quantitative estimate of drug-likeness (QED) is 0.340. The van der Waals surface area contributed by atoms with E-state index < -0.39 is 16.1 Å². The lowest BCUT2D eigenvalue weighted by atomic mass is 10.2. The topological polar surface area (TPSA) is 134 Å². The minimum atomic E-state index is -4.03. The molecule has 1 heterocycles. The summed E-state index contributed by atoms with van der Waals surface area (Å²) in [5, 5.41) is 8.18. The third-order valence-corrected chi connectivity index (χ3v) is 5.92. The molecule has 0 aliphatic heterocycles. The van der Waals surface area contributed by atoms with Crippen LogP contribution in [0.1, 0.15) is 20.3 Å². The van der Waals surface area contributed by atoms with Gasteiger partial charge >= 0.3 is 16.1 Å². The molecule has 32 heavy (non-hydrogen) atoms. The molecule has 3 aromatic rings. The number of hydrogen-bond donors (Lipinski definition) is 4. The van der Waals surface area contributed by atoms with Gasteiger partial charge in [0.25, 0.3) is 0 Å². The fourth-order valence-corrected chi connectivity index (χ4v) is 3.89. The molecule has 0 fully saturated rings. The summed E-state index contributed by atoms with van der Waals surface area (Å²) in [6.45, 7) is 5.28. The molecule has 1 unspecified atom stereocenters. The molecule has 0 bridgehead atoms. The number of urea groups is 1. The normalized spacial score (nSPS) is 12.3. The Balaban J connectivity index is 1.68. The van der Waals surface area contributed by atoms with Crippen molar-refractivity contribution >= 4 is 38.8 Å². The fraction of sp³-hybridized carbons (Fsp3) is 0.333. The van der Waals surface area contributed by atoms with Crippen LogP contribution in [0.2, 0.25) is 0 Å². The maximum atomic E-state index is 12.7. The number of anilines is 2. The van der Waals surface area contributed by atoms with Gasteiger partial charge in [-0.2, -0.15) is 8.42 Å². The Morgan fingerprint density at radius 2 is 1.91 bits per heavy atom. The second kappa shape index (κ2) is 10.3. The highest BCUT2D eigenvalue weighted by Crippen LogP contribution is 2.24. The van der Waals surface area contributed by atoms with Gasteiger partial charge < -0.3 is 24.5 Å². The number of nitrogens with one attached hydrogen (secondary N) is 4. The van der Waals surface area contributed by atoms with Crippen LogP contribution in [0.25, 0.3) is 11.0 Å². The van der Waals surface area contributed by atoms with Crippen LogP contribution in [-0.4, -0.2) is 50.7 Å². The average molecular weight is 462 g/mol. The number of carbonyl (C=O) groups excluding carboxylic acids is 1. The van der Waals surface area contributed by atoms with E-state index in [-0.39, 0.29) is 22.7 Å². The second-order valence-corrected chi connectivity index (χ2v) is 8.44. The van der Waals surface area contributed by atoms with E-state index in [4.69, 9.17) is 8.92 Å². The van der Waals surface area contributed by atoms with Gasteiger partial charge in [0.05, 0.1) is 17.1 Å². The molecule has 172 valence electrons. The predicted octanol–water partition coefficient (Wildman–Crippen LogP) is 3.31. The summed E-state index contributed by atoms with van der Waals surface area (Å²) in [6, 6.07) is 10.5. The molecule has 3 rings (SSSR count). The maximum Gasteiger partial charge on any atom is 0.339 e. The van der Waals surface area contributed by atoms with Gasteiger partial charge in [0.2, 0.25) is 5.95 Å². The van der Waals surface area contributed by atoms with Crippen LogP contribution < -0.4 is 20.1 Å². The zero-order chi connectivity index (χ0) is 23.1. The molecular weight excluding hydrogens is 434 g/mol. The van der Waals surface area contributed by atoms with Crippen molar-refractivity contribution in [1.29, 1.82) is 0 Å². The lowest BCUT2D eigenvalue weighted by Gasteiger charge is -2.16. The summed E-state index contributed by atoms with van der Waals surface area (Å²) >= 11 is 0. The average Bonchev–Trinajstić information content (AvgIpc) is 3.17. The molecule has 11 heteroatoms. The van der Waals surface area contributed by atoms with Gasteiger partial charge in [-0.25, -0.2) is 9.78 Å². The van der Waals surface area contributed by atoms with Crippen molar-refractivity contribution in [3.8, 4) is 5.75 Å². The van der Waals surface area contributed by atoms with E-state index in [2.05, 4.69) is 32.8 Å². The Morgan fingerprint density at radius 1 is 1.16 bits per heavy atom. The molecule has 4 N–H and O–H groups in total. The zero-order valence-electron chi connectivity index (χ0n) is 18.1. The molecule has 0 aliphatic rings. The zero-order valence-corrected chi connectivity index (χ0v) is 19.0. The van der Waals surface area contributed by atoms with Crippen molar-refractivity contribution in [2.75, 3.05) is 30.8 Å². The Kier molecular flexibility index (Phi) is 7.54. The predicted molar refractivity (Wildman–Crippen MR) is 123 cm³/mol. The van der Waals surface area contributed by atoms with Crippen molar-refractivity contribution in [2.45, 2.75) is 31.3 Å². The molecule has 1 atom stereocenters. The van der Waals surface area contributed by atoms with Crippen molar-refractivity contribution in [3.05, 3.63) is 42.5 Å². The minimum Gasteiger partial charge on any atom is -0.382 e. The van der Waals surface area contributed by atoms with Crippen LogP contribution in [0.15, 0.2) is 47.4 Å². The molecule has 1 aromatic heterocycles. The first kappa shape index (κ1) is 23.4. The number of aromatic nitrogens is 2. The number of carbonyl (C=O) groups is 1. The number of imidazole rings is 1. The van der Waals surface area contributed by atoms with Gasteiger partial charge in [0.1, 0.15) is 10.6 Å². The Hall–Kier alpha value is -3.31. The van der Waals surface area contributed by atoms with Crippen LogP contribution in [0.5, 0.6) is 5.75 Å². The SMILES string of the molecule is CCOC(CC)CNc1ccc(S(=O)(=O)Oc2ccc3[nH]c(NC(=O)NC)nc3c2)cc1. The molecule has 0 radical (unpaired) electrons. The lowest BCUT2D eigenvalue weighted by molar-refractivity contribution is 0.0695. The van der Waals surface area contributed by atoms with Gasteiger partial charge in [-0.1, -0.05) is 6.92 Å². The highest BCUT2D eigenvalue weighted by molar-refractivity contribution is 7.87. The van der Waals surface area contributed by atoms with Crippen LogP contribution in [0.3, 0.4) is 0 Å². The van der Waals surface area contributed by atoms with E-state index in [1.165, 1.54) is 31.3 Å². The third kappa shape index (κ3) is 5.89. The standard InChI is InChI=1S/C21H27N5O5S/c1-4-15(30-5-2)13-23-14-6-9-17(10-7-14)32(28,29)31-16-8-11-18-19(12-16)25-20(24-18)26-21(27)22-3/h6-12,15,23H,4-5,13H2,1-3H3,(H3,22,24,25,26,27). The number of rotatable bonds is 10. The Morgan fingerprint density at radius 3 is 2.56 bits per heavy atom. The van der Waals surface area contributed by atoms with E-state index in [1.807, 2.05) is 6.92 Å². The molecule has 2 aromatic carbocycles. The molecule has 2 amide bonds. The number of H-pyrrole nitrogens is 1. The third-order valence-electron chi connectivity index (χ3n) is 4.65. The smallest absolute Gasteiger partial charge is 0.339 e. The van der Waals surface area contributed by atoms with E-state index in [9.17, 15) is 13.2 Å². The number of benzene rings is 2. The van der Waals surface area contributed by atoms with Crippen molar-refractivity contribution in [1.82, 2.24) is 15.3 Å². The summed E-state index contributed by atoms with van der Waals surface area (Å²) in [5.74, 6) is 0.345. The molecule has 10 nitrogen and oxygen atoms in total. The molecule has 0 saturated heterocycles. The maximum absolute atomic E-state index is 12.7. The summed E-state index contributed by atoms with van der Waals surface area (Å²) in [6.07, 6.45) is 0.973. The van der Waals surface area contributed by atoms with Crippen LogP contribution in [0.4, 0.5) is 16.4 Å². The van der Waals surface area contributed by atoms with E-state index >= 15 is 0 Å². The van der Waals surface area contributed by atoms with Crippen LogP contribution >= 0.6 is 0 Å². The largest absolute Gasteiger partial charge is 0.382 e. The monoisotopic (exact) mass is 461 g/mol. The minimum absolute atomic E-state index is 0.0315. The van der Waals surface area contributed by atoms with Gasteiger partial charge in [-0.3, -0.25) is 5.32 Å². The summed E-state index contributed by atoms with van der Waals surface area (Å²) < 4.78 is 36.2. The Labute approximate surface area is 186 Å². The lowest BCUT2D eigenvalue weighted by Crippen LogP contribution is -2.24. The highest BCUT2D eigenvalue weighted by Gasteiger charge is 2.18. The summed E-state index contributed by atoms with van der Waals surface area (Å²) in [4.78, 5) is 18.6. The first-order chi connectivity index (χ1) is 15.3. The van der Waals surface area contributed by atoms with E-state index in [0.29, 0.717) is 24.2 Å². The first-order valence-electron chi connectivity index (χ1n) is 10.2. The number of amides is 2. The van der Waals surface area contributed by atoms with Crippen molar-refractivity contribution in [3.63, 3.8) is 0 Å². The van der Waals surface area contributed by atoms with Gasteiger partial charge in [-0.15, -0.1) is 0 Å².